The first kappa shape index (κ1) is 29.6. The Bertz CT molecular complexity index is 1580. The highest BCUT2D eigenvalue weighted by atomic mass is 19.1. The number of carbonyl (C=O) groups is 3. The molecule has 224 valence electrons. The van der Waals surface area contributed by atoms with Crippen LogP contribution in [0.1, 0.15) is 29.5 Å². The molecule has 2 aromatic carbocycles. The van der Waals surface area contributed by atoms with Gasteiger partial charge in [0.1, 0.15) is 28.7 Å². The first-order valence-electron chi connectivity index (χ1n) is 13.7. The van der Waals surface area contributed by atoms with Gasteiger partial charge in [-0.3, -0.25) is 19.3 Å². The van der Waals surface area contributed by atoms with E-state index in [1.807, 2.05) is 0 Å². The molecule has 0 aliphatic heterocycles. The lowest BCUT2D eigenvalue weighted by atomic mass is 9.57. The molecule has 0 spiro atoms. The maximum atomic E-state index is 16.0. The standard InChI is InChI=1S/C30H34FN3O8/c1-34(2)23-18-11-14-10-17-20(25(36)19(14)27(38)30(18,41)28(39)21(26(23)37)29(32)40)24(35)16-9-13(5-6-15(16)22(17)31)12-33-7-4-8-42-3/h5-6,9,14,18,23,33,35-36,39,41H,4,7-8,10-12H2,1-3H3,(H2,32,40)/t14-,18-,23-,30-/m0/s1. The molecule has 1 fully saturated rings. The zero-order chi connectivity index (χ0) is 30.7. The van der Waals surface area contributed by atoms with Crippen LogP contribution in [0.3, 0.4) is 0 Å². The smallest absolute Gasteiger partial charge is 0.255 e. The molecular formula is C30H34FN3O8. The van der Waals surface area contributed by atoms with E-state index in [1.165, 1.54) is 19.0 Å². The van der Waals surface area contributed by atoms with Crippen molar-refractivity contribution in [3.63, 3.8) is 0 Å². The number of aliphatic hydroxyl groups is 3. The number of carbonyl (C=O) groups excluding carboxylic acids is 3. The van der Waals surface area contributed by atoms with Crippen LogP contribution in [0.4, 0.5) is 4.39 Å². The van der Waals surface area contributed by atoms with Gasteiger partial charge in [0.15, 0.2) is 11.4 Å². The topological polar surface area (TPSA) is 183 Å². The number of rotatable bonds is 8. The van der Waals surface area contributed by atoms with Crippen molar-refractivity contribution in [2.75, 3.05) is 34.4 Å². The van der Waals surface area contributed by atoms with Gasteiger partial charge < -0.3 is 36.2 Å². The minimum Gasteiger partial charge on any atom is -0.508 e. The summed E-state index contributed by atoms with van der Waals surface area (Å²) in [5, 5.41) is 48.9. The number of methoxy groups -OCH3 is 1. The number of nitrogens with one attached hydrogen (secondary N) is 1. The number of fused-ring (bicyclic) bond motifs is 4. The molecule has 12 heteroatoms. The van der Waals surface area contributed by atoms with Crippen molar-refractivity contribution in [1.29, 1.82) is 0 Å². The molecule has 4 atom stereocenters. The number of aliphatic hydroxyl groups excluding tert-OH is 2. The number of ether oxygens (including phenoxy) is 1. The number of hydrogen-bond acceptors (Lipinski definition) is 10. The summed E-state index contributed by atoms with van der Waals surface area (Å²) >= 11 is 0. The number of benzene rings is 2. The van der Waals surface area contributed by atoms with Crippen molar-refractivity contribution in [1.82, 2.24) is 10.2 Å². The van der Waals surface area contributed by atoms with Crippen LogP contribution in [0.5, 0.6) is 5.75 Å². The summed E-state index contributed by atoms with van der Waals surface area (Å²) in [6.45, 7) is 1.70. The maximum absolute atomic E-state index is 16.0. The summed E-state index contributed by atoms with van der Waals surface area (Å²) in [6.07, 6.45) is 0.556. The minimum atomic E-state index is -2.75. The molecular weight excluding hydrogens is 549 g/mol. The van der Waals surface area contributed by atoms with Crippen LogP contribution >= 0.6 is 0 Å². The first-order chi connectivity index (χ1) is 19.9. The third-order valence-electron chi connectivity index (χ3n) is 8.72. The van der Waals surface area contributed by atoms with E-state index in [1.54, 1.807) is 25.3 Å². The van der Waals surface area contributed by atoms with Gasteiger partial charge in [-0.2, -0.15) is 0 Å². The number of nitrogens with two attached hydrogens (primary N) is 1. The largest absolute Gasteiger partial charge is 0.508 e. The molecule has 42 heavy (non-hydrogen) atoms. The highest BCUT2D eigenvalue weighted by Gasteiger charge is 2.64. The van der Waals surface area contributed by atoms with Crippen LogP contribution < -0.4 is 11.1 Å². The Morgan fingerprint density at radius 3 is 2.57 bits per heavy atom. The zero-order valence-corrected chi connectivity index (χ0v) is 23.5. The van der Waals surface area contributed by atoms with E-state index in [9.17, 15) is 34.8 Å². The number of ketones is 2. The van der Waals surface area contributed by atoms with Crippen molar-refractivity contribution in [3.8, 4) is 5.75 Å². The van der Waals surface area contributed by atoms with E-state index in [4.69, 9.17) is 10.5 Å². The number of nitrogens with zero attached hydrogens (tertiary/aromatic N) is 1. The van der Waals surface area contributed by atoms with Crippen LogP contribution in [-0.2, 0) is 32.1 Å². The van der Waals surface area contributed by atoms with Gasteiger partial charge in [-0.25, -0.2) is 4.39 Å². The minimum absolute atomic E-state index is 0.00365. The van der Waals surface area contributed by atoms with E-state index in [0.29, 0.717) is 19.7 Å². The summed E-state index contributed by atoms with van der Waals surface area (Å²) in [4.78, 5) is 40.7. The van der Waals surface area contributed by atoms with Gasteiger partial charge in [-0.15, -0.1) is 0 Å². The molecule has 0 bridgehead atoms. The Morgan fingerprint density at radius 2 is 1.93 bits per heavy atom. The lowest BCUT2D eigenvalue weighted by molar-refractivity contribution is -0.153. The second-order valence-electron chi connectivity index (χ2n) is 11.4. The van der Waals surface area contributed by atoms with Crippen LogP contribution in [-0.4, -0.2) is 88.8 Å². The van der Waals surface area contributed by atoms with E-state index >= 15 is 4.39 Å². The van der Waals surface area contributed by atoms with Crippen LogP contribution in [0.15, 0.2) is 35.1 Å². The van der Waals surface area contributed by atoms with Gasteiger partial charge >= 0.3 is 0 Å². The zero-order valence-electron chi connectivity index (χ0n) is 23.5. The predicted octanol–water partition coefficient (Wildman–Crippen LogP) is 1.38. The molecule has 0 unspecified atom stereocenters. The molecule has 0 aromatic heterocycles. The summed E-state index contributed by atoms with van der Waals surface area (Å²) < 4.78 is 21.0. The fraction of sp³-hybridized carbons (Fsp3) is 0.433. The lowest BCUT2D eigenvalue weighted by Gasteiger charge is -2.50. The van der Waals surface area contributed by atoms with E-state index < -0.39 is 69.6 Å². The Kier molecular flexibility index (Phi) is 7.60. The number of amides is 1. The molecule has 11 nitrogen and oxygen atoms in total. The number of likely N-dealkylation sites (N-methyl/N-ethyl adjacent to an activating group) is 1. The molecule has 0 radical (unpaired) electrons. The van der Waals surface area contributed by atoms with Gasteiger partial charge in [-0.1, -0.05) is 12.1 Å². The molecule has 5 rings (SSSR count). The molecule has 3 aliphatic carbocycles. The first-order valence-corrected chi connectivity index (χ1v) is 13.7. The predicted molar refractivity (Wildman–Crippen MR) is 150 cm³/mol. The second kappa shape index (κ2) is 10.8. The molecule has 2 aromatic rings. The quantitative estimate of drug-likeness (QED) is 0.196. The van der Waals surface area contributed by atoms with Crippen molar-refractivity contribution in [2.45, 2.75) is 37.5 Å². The van der Waals surface area contributed by atoms with Gasteiger partial charge in [0.25, 0.3) is 5.91 Å². The Labute approximate surface area is 241 Å². The number of phenolic OH excluding ortho intramolecular Hbond substituents is 1. The SMILES string of the molecule is COCCCNCc1ccc2c(F)c3c(c(O)c2c1)C(O)=C1C(=O)[C@]2(O)C(O)=C(C(N)=O)C(=O)[C@@H](N(C)C)[C@@H]2C[C@@H]1C3. The normalized spacial score (nSPS) is 25.6. The Morgan fingerprint density at radius 1 is 1.21 bits per heavy atom. The molecule has 0 saturated heterocycles. The molecule has 3 aliphatic rings. The van der Waals surface area contributed by atoms with Gasteiger partial charge in [0.05, 0.1) is 11.6 Å². The number of hydrogen-bond donors (Lipinski definition) is 6. The van der Waals surface area contributed by atoms with Crippen LogP contribution in [0.2, 0.25) is 0 Å². The second-order valence-corrected chi connectivity index (χ2v) is 11.4. The summed E-state index contributed by atoms with van der Waals surface area (Å²) in [6, 6.07) is 3.66. The van der Waals surface area contributed by atoms with E-state index in [-0.39, 0.29) is 40.3 Å². The Hall–Kier alpha value is -3.84. The highest BCUT2D eigenvalue weighted by molar-refractivity contribution is 6.24. The average Bonchev–Trinajstić information content (AvgIpc) is 2.93. The highest BCUT2D eigenvalue weighted by Crippen LogP contribution is 2.53. The third kappa shape index (κ3) is 4.28. The number of phenols is 1. The van der Waals surface area contributed by atoms with Gasteiger partial charge in [0, 0.05) is 48.1 Å². The molecule has 7 N–H and O–H groups in total. The maximum Gasteiger partial charge on any atom is 0.255 e. The molecule has 1 saturated carbocycles. The van der Waals surface area contributed by atoms with Crippen molar-refractivity contribution in [2.24, 2.45) is 17.6 Å². The van der Waals surface area contributed by atoms with Crippen LogP contribution in [0.25, 0.3) is 16.5 Å². The number of aromatic hydroxyl groups is 1. The third-order valence-corrected chi connectivity index (χ3v) is 8.72. The number of Topliss-reactive ketones (excluding diaryl/α,β-unsaturated/α-hetero) is 2. The average molecular weight is 584 g/mol. The molecule has 0 heterocycles. The van der Waals surface area contributed by atoms with Crippen LogP contribution in [0, 0.1) is 17.7 Å². The fourth-order valence-corrected chi connectivity index (χ4v) is 6.79. The van der Waals surface area contributed by atoms with Gasteiger partial charge in [-0.05, 0) is 57.5 Å². The Balaban J connectivity index is 1.63. The summed E-state index contributed by atoms with van der Waals surface area (Å²) in [7, 11) is 4.64. The van der Waals surface area contributed by atoms with E-state index in [2.05, 4.69) is 5.32 Å². The number of halogens is 1. The van der Waals surface area contributed by atoms with Crippen molar-refractivity contribution >= 4 is 34.0 Å². The summed E-state index contributed by atoms with van der Waals surface area (Å²) in [5.41, 5.74) is 1.85. The van der Waals surface area contributed by atoms with Crippen molar-refractivity contribution < 1.29 is 43.9 Å². The van der Waals surface area contributed by atoms with E-state index in [0.717, 1.165) is 12.0 Å². The molecule has 1 amide bonds. The van der Waals surface area contributed by atoms with Crippen molar-refractivity contribution in [3.05, 3.63) is 57.6 Å². The summed E-state index contributed by atoms with van der Waals surface area (Å²) in [5.74, 6) is -8.39. The fourth-order valence-electron chi connectivity index (χ4n) is 6.79. The van der Waals surface area contributed by atoms with Gasteiger partial charge in [0.2, 0.25) is 5.78 Å². The lowest BCUT2D eigenvalue weighted by Crippen LogP contribution is -2.65. The monoisotopic (exact) mass is 583 g/mol. The number of primary amides is 1.